The van der Waals surface area contributed by atoms with Gasteiger partial charge in [-0.1, -0.05) is 6.92 Å². The molecule has 1 N–H and O–H groups in total. The lowest BCUT2D eigenvalue weighted by atomic mass is 10.2. The summed E-state index contributed by atoms with van der Waals surface area (Å²) in [6.45, 7) is 3.30. The number of hydrogen-bond donors (Lipinski definition) is 1. The largest absolute Gasteiger partial charge is 0.416 e. The van der Waals surface area contributed by atoms with Crippen LogP contribution in [-0.2, 0) is 11.0 Å². The van der Waals surface area contributed by atoms with Crippen LogP contribution < -0.4 is 10.2 Å². The van der Waals surface area contributed by atoms with Crippen molar-refractivity contribution in [1.29, 1.82) is 0 Å². The van der Waals surface area contributed by atoms with Crippen molar-refractivity contribution in [3.05, 3.63) is 48.2 Å². The zero-order valence-corrected chi connectivity index (χ0v) is 16.5. The molecule has 4 rings (SSSR count). The van der Waals surface area contributed by atoms with Gasteiger partial charge in [0.1, 0.15) is 5.52 Å². The van der Waals surface area contributed by atoms with Crippen LogP contribution >= 0.6 is 0 Å². The Morgan fingerprint density at radius 3 is 2.70 bits per heavy atom. The van der Waals surface area contributed by atoms with Gasteiger partial charge in [0.25, 0.3) is 0 Å². The fraction of sp³-hybridized carbons (Fsp3) is 0.381. The molecule has 0 aliphatic carbocycles. The first kappa shape index (κ1) is 20.2. The van der Waals surface area contributed by atoms with Gasteiger partial charge >= 0.3 is 6.18 Å². The number of aromatic nitrogens is 3. The number of fused-ring (bicyclic) bond motifs is 1. The molecule has 2 aromatic heterocycles. The highest BCUT2D eigenvalue weighted by Gasteiger charge is 2.31. The van der Waals surface area contributed by atoms with Crippen molar-refractivity contribution in [3.63, 3.8) is 0 Å². The molecule has 6 nitrogen and oxygen atoms in total. The SMILES string of the molecule is CCCC(=O)NC1CCN(c2nn(-c3ccc(C(F)(F)F)cc3)c3cccnc23)C1. The molecule has 1 amide bonds. The lowest BCUT2D eigenvalue weighted by Crippen LogP contribution is -2.37. The van der Waals surface area contributed by atoms with E-state index in [1.807, 2.05) is 13.0 Å². The summed E-state index contributed by atoms with van der Waals surface area (Å²) in [4.78, 5) is 18.4. The quantitative estimate of drug-likeness (QED) is 0.683. The number of benzene rings is 1. The van der Waals surface area contributed by atoms with E-state index in [0.717, 1.165) is 25.0 Å². The number of hydrogen-bond acceptors (Lipinski definition) is 4. The number of nitrogens with one attached hydrogen (secondary N) is 1. The van der Waals surface area contributed by atoms with E-state index in [4.69, 9.17) is 0 Å². The Bertz CT molecular complexity index is 1040. The van der Waals surface area contributed by atoms with Crippen LogP contribution in [0.5, 0.6) is 0 Å². The number of halogens is 3. The fourth-order valence-electron chi connectivity index (χ4n) is 3.73. The van der Waals surface area contributed by atoms with Gasteiger partial charge < -0.3 is 10.2 Å². The molecule has 1 fully saturated rings. The Kier molecular flexibility index (Phi) is 5.36. The summed E-state index contributed by atoms with van der Waals surface area (Å²) < 4.78 is 40.3. The maximum atomic E-state index is 12.9. The second kappa shape index (κ2) is 7.97. The highest BCUT2D eigenvalue weighted by molar-refractivity contribution is 5.88. The smallest absolute Gasteiger partial charge is 0.352 e. The Labute approximate surface area is 171 Å². The maximum Gasteiger partial charge on any atom is 0.416 e. The zero-order valence-electron chi connectivity index (χ0n) is 16.5. The van der Waals surface area contributed by atoms with E-state index >= 15 is 0 Å². The molecule has 0 saturated carbocycles. The Balaban J connectivity index is 1.63. The third-order valence-corrected chi connectivity index (χ3v) is 5.19. The lowest BCUT2D eigenvalue weighted by Gasteiger charge is -2.16. The van der Waals surface area contributed by atoms with Crippen LogP contribution in [0.3, 0.4) is 0 Å². The monoisotopic (exact) mass is 417 g/mol. The van der Waals surface area contributed by atoms with Gasteiger partial charge in [0, 0.05) is 31.7 Å². The van der Waals surface area contributed by atoms with Crippen molar-refractivity contribution in [1.82, 2.24) is 20.1 Å². The molecule has 0 spiro atoms. The molecule has 0 bridgehead atoms. The van der Waals surface area contributed by atoms with Crippen molar-refractivity contribution in [3.8, 4) is 5.69 Å². The zero-order chi connectivity index (χ0) is 21.3. The van der Waals surface area contributed by atoms with Gasteiger partial charge in [-0.3, -0.25) is 9.78 Å². The van der Waals surface area contributed by atoms with Crippen LogP contribution in [0.25, 0.3) is 16.7 Å². The van der Waals surface area contributed by atoms with Gasteiger partial charge in [-0.15, -0.1) is 5.10 Å². The van der Waals surface area contributed by atoms with E-state index in [1.165, 1.54) is 12.1 Å². The van der Waals surface area contributed by atoms with Crippen molar-refractivity contribution < 1.29 is 18.0 Å². The van der Waals surface area contributed by atoms with Gasteiger partial charge in [0.05, 0.1) is 16.8 Å². The molecule has 3 heterocycles. The highest BCUT2D eigenvalue weighted by atomic mass is 19.4. The van der Waals surface area contributed by atoms with E-state index in [1.54, 1.807) is 16.9 Å². The van der Waals surface area contributed by atoms with Crippen LogP contribution in [0.1, 0.15) is 31.7 Å². The maximum absolute atomic E-state index is 12.9. The first-order chi connectivity index (χ1) is 14.4. The first-order valence-electron chi connectivity index (χ1n) is 9.92. The third kappa shape index (κ3) is 3.96. The lowest BCUT2D eigenvalue weighted by molar-refractivity contribution is -0.137. The minimum atomic E-state index is -4.38. The van der Waals surface area contributed by atoms with Crippen molar-refractivity contribution in [2.75, 3.05) is 18.0 Å². The summed E-state index contributed by atoms with van der Waals surface area (Å²) >= 11 is 0. The number of carbonyl (C=O) groups excluding carboxylic acids is 1. The fourth-order valence-corrected chi connectivity index (χ4v) is 3.73. The van der Waals surface area contributed by atoms with E-state index in [2.05, 4.69) is 20.3 Å². The summed E-state index contributed by atoms with van der Waals surface area (Å²) in [6, 6.07) is 8.56. The summed E-state index contributed by atoms with van der Waals surface area (Å²) in [5, 5.41) is 7.71. The second-order valence-corrected chi connectivity index (χ2v) is 7.40. The molecule has 1 atom stereocenters. The molecule has 1 aliphatic rings. The Hall–Kier alpha value is -3.10. The molecular weight excluding hydrogens is 395 g/mol. The molecule has 9 heteroatoms. The predicted molar refractivity (Wildman–Crippen MR) is 108 cm³/mol. The predicted octanol–water partition coefficient (Wildman–Crippen LogP) is 3.93. The number of carbonyl (C=O) groups is 1. The Morgan fingerprint density at radius 2 is 2.00 bits per heavy atom. The van der Waals surface area contributed by atoms with Crippen molar-refractivity contribution in [2.45, 2.75) is 38.4 Å². The Morgan fingerprint density at radius 1 is 1.23 bits per heavy atom. The standard InChI is InChI=1S/C21H22F3N5O/c1-2-4-18(30)26-15-10-12-28(13-15)20-19-17(5-3-11-25-19)29(27-20)16-8-6-14(7-9-16)21(22,23)24/h3,5-9,11,15H,2,4,10,12-13H2,1H3,(H,26,30). The van der Waals surface area contributed by atoms with E-state index in [-0.39, 0.29) is 11.9 Å². The number of rotatable bonds is 5. The van der Waals surface area contributed by atoms with Crippen LogP contribution in [0.15, 0.2) is 42.6 Å². The minimum absolute atomic E-state index is 0.0408. The van der Waals surface area contributed by atoms with Crippen LogP contribution in [-0.4, -0.2) is 39.8 Å². The molecule has 3 aromatic rings. The van der Waals surface area contributed by atoms with Gasteiger partial charge in [0.2, 0.25) is 5.91 Å². The van der Waals surface area contributed by atoms with E-state index in [0.29, 0.717) is 42.0 Å². The van der Waals surface area contributed by atoms with Gasteiger partial charge in [0.15, 0.2) is 5.82 Å². The van der Waals surface area contributed by atoms with Gasteiger partial charge in [-0.25, -0.2) is 4.68 Å². The minimum Gasteiger partial charge on any atom is -0.352 e. The second-order valence-electron chi connectivity index (χ2n) is 7.40. The van der Waals surface area contributed by atoms with E-state index in [9.17, 15) is 18.0 Å². The summed E-state index contributed by atoms with van der Waals surface area (Å²) in [5.74, 6) is 0.709. The average molecular weight is 417 g/mol. The summed E-state index contributed by atoms with van der Waals surface area (Å²) in [6.07, 6.45) is -0.611. The molecule has 158 valence electrons. The molecule has 1 aromatic carbocycles. The first-order valence-corrected chi connectivity index (χ1v) is 9.92. The van der Waals surface area contributed by atoms with Crippen LogP contribution in [0.4, 0.5) is 19.0 Å². The number of amides is 1. The molecule has 1 saturated heterocycles. The topological polar surface area (TPSA) is 63.1 Å². The average Bonchev–Trinajstić information content (AvgIpc) is 3.32. The molecule has 0 radical (unpaired) electrons. The third-order valence-electron chi connectivity index (χ3n) is 5.19. The van der Waals surface area contributed by atoms with Crippen molar-refractivity contribution >= 4 is 22.8 Å². The summed E-state index contributed by atoms with van der Waals surface area (Å²) in [7, 11) is 0. The van der Waals surface area contributed by atoms with Crippen LogP contribution in [0.2, 0.25) is 0 Å². The molecule has 1 aliphatic heterocycles. The molecule has 30 heavy (non-hydrogen) atoms. The van der Waals surface area contributed by atoms with Crippen molar-refractivity contribution in [2.24, 2.45) is 0 Å². The van der Waals surface area contributed by atoms with Gasteiger partial charge in [-0.2, -0.15) is 13.2 Å². The molecular formula is C21H22F3N5O. The normalized spacial score (nSPS) is 16.9. The number of pyridine rings is 1. The highest BCUT2D eigenvalue weighted by Crippen LogP contribution is 2.32. The van der Waals surface area contributed by atoms with E-state index < -0.39 is 11.7 Å². The number of alkyl halides is 3. The number of anilines is 1. The number of nitrogens with zero attached hydrogens (tertiary/aromatic N) is 4. The molecule has 1 unspecified atom stereocenters. The van der Waals surface area contributed by atoms with Crippen LogP contribution in [0, 0.1) is 0 Å². The summed E-state index contributed by atoms with van der Waals surface area (Å²) in [5.41, 5.74) is 1.22. The van der Waals surface area contributed by atoms with Gasteiger partial charge in [-0.05, 0) is 49.2 Å².